The maximum absolute atomic E-state index is 12.4. The summed E-state index contributed by atoms with van der Waals surface area (Å²) in [4.78, 5) is 29.1. The molecular weight excluding hydrogens is 390 g/mol. The van der Waals surface area contributed by atoms with Crippen LogP contribution in [0.5, 0.6) is 0 Å². The SMILES string of the molecule is CC(C)CC(=O)N1CC2CN(CC[C@@H](c3ccccc3)C3OCCC3C(N)=O)CC2C1. The summed E-state index contributed by atoms with van der Waals surface area (Å²) in [6, 6.07) is 10.4. The van der Waals surface area contributed by atoms with Crippen LogP contribution in [0.25, 0.3) is 0 Å². The molecule has 6 nitrogen and oxygen atoms in total. The average molecular weight is 428 g/mol. The molecule has 4 unspecified atom stereocenters. The zero-order valence-electron chi connectivity index (χ0n) is 18.9. The Kier molecular flexibility index (Phi) is 6.97. The van der Waals surface area contributed by atoms with Crippen LogP contribution >= 0.6 is 0 Å². The van der Waals surface area contributed by atoms with E-state index in [1.807, 2.05) is 6.07 Å². The maximum Gasteiger partial charge on any atom is 0.223 e. The maximum atomic E-state index is 12.4. The van der Waals surface area contributed by atoms with Crippen LogP contribution in [0.3, 0.4) is 0 Å². The van der Waals surface area contributed by atoms with Crippen molar-refractivity contribution in [2.24, 2.45) is 29.4 Å². The highest BCUT2D eigenvalue weighted by atomic mass is 16.5. The number of ether oxygens (including phenoxy) is 1. The summed E-state index contributed by atoms with van der Waals surface area (Å²) in [5.74, 6) is 1.64. The monoisotopic (exact) mass is 427 g/mol. The first-order valence-electron chi connectivity index (χ1n) is 11.9. The summed E-state index contributed by atoms with van der Waals surface area (Å²) in [5, 5.41) is 0. The fourth-order valence-electron chi connectivity index (χ4n) is 5.81. The first-order chi connectivity index (χ1) is 14.9. The van der Waals surface area contributed by atoms with Gasteiger partial charge in [-0.25, -0.2) is 0 Å². The molecule has 3 heterocycles. The molecule has 170 valence electrons. The van der Waals surface area contributed by atoms with E-state index in [-0.39, 0.29) is 23.8 Å². The van der Waals surface area contributed by atoms with Crippen molar-refractivity contribution in [1.29, 1.82) is 0 Å². The van der Waals surface area contributed by atoms with Crippen molar-refractivity contribution >= 4 is 11.8 Å². The van der Waals surface area contributed by atoms with Gasteiger partial charge in [0, 0.05) is 45.1 Å². The van der Waals surface area contributed by atoms with Gasteiger partial charge in [-0.3, -0.25) is 9.59 Å². The Balaban J connectivity index is 1.35. The second-order valence-corrected chi connectivity index (χ2v) is 10.1. The van der Waals surface area contributed by atoms with Crippen LogP contribution in [0.1, 0.15) is 44.6 Å². The van der Waals surface area contributed by atoms with E-state index in [0.717, 1.165) is 45.6 Å². The Morgan fingerprint density at radius 3 is 2.39 bits per heavy atom. The largest absolute Gasteiger partial charge is 0.377 e. The highest BCUT2D eigenvalue weighted by Gasteiger charge is 2.43. The van der Waals surface area contributed by atoms with Gasteiger partial charge < -0.3 is 20.3 Å². The number of carbonyl (C=O) groups is 2. The molecule has 4 rings (SSSR count). The zero-order valence-corrected chi connectivity index (χ0v) is 18.9. The third-order valence-electron chi connectivity index (χ3n) is 7.38. The fourth-order valence-corrected chi connectivity index (χ4v) is 5.81. The van der Waals surface area contributed by atoms with E-state index >= 15 is 0 Å². The van der Waals surface area contributed by atoms with Gasteiger partial charge >= 0.3 is 0 Å². The minimum Gasteiger partial charge on any atom is -0.377 e. The molecule has 0 aliphatic carbocycles. The van der Waals surface area contributed by atoms with Gasteiger partial charge in [-0.1, -0.05) is 44.2 Å². The van der Waals surface area contributed by atoms with Crippen molar-refractivity contribution in [3.8, 4) is 0 Å². The summed E-state index contributed by atoms with van der Waals surface area (Å²) in [6.07, 6.45) is 2.20. The smallest absolute Gasteiger partial charge is 0.223 e. The van der Waals surface area contributed by atoms with Crippen LogP contribution in [0.2, 0.25) is 0 Å². The molecule has 1 aromatic rings. The summed E-state index contributed by atoms with van der Waals surface area (Å²) >= 11 is 0. The van der Waals surface area contributed by atoms with Gasteiger partial charge in [0.25, 0.3) is 0 Å². The molecular formula is C25H37N3O3. The lowest BCUT2D eigenvalue weighted by Gasteiger charge is -2.29. The first kappa shape index (κ1) is 22.3. The second kappa shape index (κ2) is 9.70. The molecule has 3 aliphatic heterocycles. The Hall–Kier alpha value is -1.92. The lowest BCUT2D eigenvalue weighted by molar-refractivity contribution is -0.131. The number of likely N-dealkylation sites (tertiary alicyclic amines) is 2. The summed E-state index contributed by atoms with van der Waals surface area (Å²) in [7, 11) is 0. The van der Waals surface area contributed by atoms with E-state index in [1.54, 1.807) is 0 Å². The molecule has 5 atom stereocenters. The number of fused-ring (bicyclic) bond motifs is 1. The lowest BCUT2D eigenvalue weighted by atomic mass is 9.83. The molecule has 6 heteroatoms. The molecule has 31 heavy (non-hydrogen) atoms. The van der Waals surface area contributed by atoms with Gasteiger partial charge in [-0.05, 0) is 42.7 Å². The van der Waals surface area contributed by atoms with Gasteiger partial charge in [0.1, 0.15) is 0 Å². The molecule has 0 radical (unpaired) electrons. The van der Waals surface area contributed by atoms with E-state index in [4.69, 9.17) is 10.5 Å². The number of benzene rings is 1. The molecule has 2 amide bonds. The van der Waals surface area contributed by atoms with E-state index in [9.17, 15) is 9.59 Å². The Labute approximate surface area is 186 Å². The van der Waals surface area contributed by atoms with Crippen molar-refractivity contribution in [1.82, 2.24) is 9.80 Å². The van der Waals surface area contributed by atoms with Gasteiger partial charge in [-0.2, -0.15) is 0 Å². The normalized spacial score (nSPS) is 29.5. The average Bonchev–Trinajstić information content (AvgIpc) is 3.43. The van der Waals surface area contributed by atoms with Gasteiger partial charge in [0.05, 0.1) is 12.0 Å². The third kappa shape index (κ3) is 5.12. The van der Waals surface area contributed by atoms with Crippen molar-refractivity contribution in [2.45, 2.75) is 45.1 Å². The molecule has 0 bridgehead atoms. The highest BCUT2D eigenvalue weighted by Crippen LogP contribution is 2.37. The van der Waals surface area contributed by atoms with Gasteiger partial charge in [-0.15, -0.1) is 0 Å². The topological polar surface area (TPSA) is 75.9 Å². The first-order valence-corrected chi connectivity index (χ1v) is 11.9. The highest BCUT2D eigenvalue weighted by molar-refractivity contribution is 5.78. The Morgan fingerprint density at radius 1 is 1.10 bits per heavy atom. The predicted octanol–water partition coefficient (Wildman–Crippen LogP) is 2.49. The third-order valence-corrected chi connectivity index (χ3v) is 7.38. The number of nitrogens with two attached hydrogens (primary N) is 1. The van der Waals surface area contributed by atoms with Crippen molar-refractivity contribution < 1.29 is 14.3 Å². The number of primary amides is 1. The molecule has 0 aromatic heterocycles. The number of nitrogens with zero attached hydrogens (tertiary/aromatic N) is 2. The molecule has 3 saturated heterocycles. The molecule has 2 N–H and O–H groups in total. The Morgan fingerprint density at radius 2 is 1.77 bits per heavy atom. The summed E-state index contributed by atoms with van der Waals surface area (Å²) in [5.41, 5.74) is 6.92. The predicted molar refractivity (Wildman–Crippen MR) is 120 cm³/mol. The van der Waals surface area contributed by atoms with Crippen LogP contribution in [0.4, 0.5) is 0 Å². The molecule has 0 saturated carbocycles. The lowest BCUT2D eigenvalue weighted by Crippen LogP contribution is -2.37. The van der Waals surface area contributed by atoms with E-state index < -0.39 is 0 Å². The van der Waals surface area contributed by atoms with Gasteiger partial charge in [0.15, 0.2) is 0 Å². The molecule has 3 fully saturated rings. The standard InChI is InChI=1S/C25H37N3O3/c1-17(2)12-23(29)28-15-19-13-27(14-20(19)16-28)10-8-21(18-6-4-3-5-7-18)24-22(25(26)30)9-11-31-24/h3-7,17,19-22,24H,8-16H2,1-2H3,(H2,26,30)/t19?,20?,21-,22?,24?/m0/s1. The molecule has 3 aliphatic rings. The van der Waals surface area contributed by atoms with Crippen LogP contribution in [-0.4, -0.2) is 67.0 Å². The van der Waals surface area contributed by atoms with Crippen molar-refractivity contribution in [2.75, 3.05) is 39.3 Å². The van der Waals surface area contributed by atoms with Gasteiger partial charge in [0.2, 0.25) is 11.8 Å². The van der Waals surface area contributed by atoms with Crippen LogP contribution in [-0.2, 0) is 14.3 Å². The van der Waals surface area contributed by atoms with Crippen molar-refractivity contribution in [3.05, 3.63) is 35.9 Å². The molecule has 0 spiro atoms. The number of carbonyl (C=O) groups excluding carboxylic acids is 2. The van der Waals surface area contributed by atoms with Crippen LogP contribution in [0.15, 0.2) is 30.3 Å². The van der Waals surface area contributed by atoms with Crippen LogP contribution in [0, 0.1) is 23.7 Å². The quantitative estimate of drug-likeness (QED) is 0.692. The number of rotatable bonds is 8. The number of amides is 2. The number of hydrogen-bond acceptors (Lipinski definition) is 4. The van der Waals surface area contributed by atoms with E-state index in [2.05, 4.69) is 47.9 Å². The zero-order chi connectivity index (χ0) is 22.0. The second-order valence-electron chi connectivity index (χ2n) is 10.1. The van der Waals surface area contributed by atoms with Crippen LogP contribution < -0.4 is 5.73 Å². The number of hydrogen-bond donors (Lipinski definition) is 1. The van der Waals surface area contributed by atoms with Crippen molar-refractivity contribution in [3.63, 3.8) is 0 Å². The summed E-state index contributed by atoms with van der Waals surface area (Å²) < 4.78 is 6.04. The molecule has 1 aromatic carbocycles. The van der Waals surface area contributed by atoms with E-state index in [1.165, 1.54) is 5.56 Å². The Bertz CT molecular complexity index is 755. The fraction of sp³-hybridized carbons (Fsp3) is 0.680. The van der Waals surface area contributed by atoms with E-state index in [0.29, 0.717) is 36.7 Å². The minimum absolute atomic E-state index is 0.133. The summed E-state index contributed by atoms with van der Waals surface area (Å²) in [6.45, 7) is 9.74. The minimum atomic E-state index is -0.245.